The molecule has 1 aromatic carbocycles. The number of aryl methyl sites for hydroxylation is 1. The highest BCUT2D eigenvalue weighted by Gasteiger charge is 2.13. The molecule has 112 valence electrons. The summed E-state index contributed by atoms with van der Waals surface area (Å²) in [5.41, 5.74) is 0.951. The standard InChI is InChI=1S/C14H19N5OS/c1-3-19(12-7-5-4-6-8-12)14(20)9-10-21-11-13-15-16-17-18(13)2/h4-8H,3,9-11H2,1-2H3. The molecule has 2 aromatic rings. The fourth-order valence-electron chi connectivity index (χ4n) is 1.94. The van der Waals surface area contributed by atoms with Crippen molar-refractivity contribution in [1.82, 2.24) is 20.2 Å². The van der Waals surface area contributed by atoms with Crippen LogP contribution in [0.25, 0.3) is 0 Å². The van der Waals surface area contributed by atoms with E-state index in [1.807, 2.05) is 49.2 Å². The van der Waals surface area contributed by atoms with Gasteiger partial charge in [0.25, 0.3) is 0 Å². The molecule has 1 aromatic heterocycles. The zero-order valence-corrected chi connectivity index (χ0v) is 13.1. The molecule has 0 aliphatic rings. The Bertz CT molecular complexity index is 572. The van der Waals surface area contributed by atoms with Gasteiger partial charge < -0.3 is 4.90 Å². The topological polar surface area (TPSA) is 63.9 Å². The maximum atomic E-state index is 12.3. The summed E-state index contributed by atoms with van der Waals surface area (Å²) >= 11 is 1.67. The van der Waals surface area contributed by atoms with Crippen molar-refractivity contribution >= 4 is 23.4 Å². The number of aromatic nitrogens is 4. The summed E-state index contributed by atoms with van der Waals surface area (Å²) in [7, 11) is 1.81. The lowest BCUT2D eigenvalue weighted by atomic mass is 10.2. The Morgan fingerprint density at radius 2 is 2.10 bits per heavy atom. The Kier molecular flexibility index (Phi) is 5.74. The van der Waals surface area contributed by atoms with E-state index in [1.54, 1.807) is 16.4 Å². The molecule has 0 spiro atoms. The lowest BCUT2D eigenvalue weighted by molar-refractivity contribution is -0.118. The summed E-state index contributed by atoms with van der Waals surface area (Å²) in [5, 5.41) is 11.3. The number of thioether (sulfide) groups is 1. The van der Waals surface area contributed by atoms with Gasteiger partial charge >= 0.3 is 0 Å². The van der Waals surface area contributed by atoms with Gasteiger partial charge in [0.05, 0.1) is 5.75 Å². The number of hydrogen-bond donors (Lipinski definition) is 0. The van der Waals surface area contributed by atoms with Gasteiger partial charge in [-0.05, 0) is 29.5 Å². The van der Waals surface area contributed by atoms with Crippen molar-refractivity contribution in [2.45, 2.75) is 19.1 Å². The molecule has 0 radical (unpaired) electrons. The number of nitrogens with zero attached hydrogens (tertiary/aromatic N) is 5. The van der Waals surface area contributed by atoms with Crippen molar-refractivity contribution in [2.24, 2.45) is 7.05 Å². The Morgan fingerprint density at radius 1 is 1.33 bits per heavy atom. The van der Waals surface area contributed by atoms with Gasteiger partial charge in [0, 0.05) is 31.5 Å². The van der Waals surface area contributed by atoms with Gasteiger partial charge in [-0.2, -0.15) is 11.8 Å². The van der Waals surface area contributed by atoms with Crippen LogP contribution >= 0.6 is 11.8 Å². The Balaban J connectivity index is 1.79. The first kappa shape index (κ1) is 15.5. The van der Waals surface area contributed by atoms with Gasteiger partial charge in [-0.25, -0.2) is 4.68 Å². The first-order chi connectivity index (χ1) is 10.2. The maximum absolute atomic E-state index is 12.3. The highest BCUT2D eigenvalue weighted by atomic mass is 32.2. The number of benzene rings is 1. The number of carbonyl (C=O) groups excluding carboxylic acids is 1. The third kappa shape index (κ3) is 4.29. The lowest BCUT2D eigenvalue weighted by Gasteiger charge is -2.20. The Morgan fingerprint density at radius 3 is 2.71 bits per heavy atom. The van der Waals surface area contributed by atoms with Crippen LogP contribution in [0.5, 0.6) is 0 Å². The molecule has 0 aliphatic carbocycles. The number of carbonyl (C=O) groups is 1. The maximum Gasteiger partial charge on any atom is 0.227 e. The average molecular weight is 305 g/mol. The predicted molar refractivity (Wildman–Crippen MR) is 84.0 cm³/mol. The Labute approximate surface area is 128 Å². The summed E-state index contributed by atoms with van der Waals surface area (Å²) in [4.78, 5) is 14.1. The number of para-hydroxylation sites is 1. The SMILES string of the molecule is CCN(C(=O)CCSCc1nnnn1C)c1ccccc1. The molecule has 1 amide bonds. The van der Waals surface area contributed by atoms with Crippen LogP contribution < -0.4 is 4.90 Å². The molecule has 0 bridgehead atoms. The second-order valence-electron chi connectivity index (χ2n) is 4.49. The second kappa shape index (κ2) is 7.78. The highest BCUT2D eigenvalue weighted by molar-refractivity contribution is 7.98. The van der Waals surface area contributed by atoms with E-state index >= 15 is 0 Å². The number of amides is 1. The number of anilines is 1. The Hall–Kier alpha value is -1.89. The molecule has 0 saturated heterocycles. The predicted octanol–water partition coefficient (Wildman–Crippen LogP) is 1.89. The number of rotatable bonds is 7. The van der Waals surface area contributed by atoms with Gasteiger partial charge in [0.1, 0.15) is 0 Å². The van der Waals surface area contributed by atoms with Crippen molar-refractivity contribution < 1.29 is 4.79 Å². The van der Waals surface area contributed by atoms with Crippen molar-refractivity contribution in [3.05, 3.63) is 36.2 Å². The quantitative estimate of drug-likeness (QED) is 0.731. The molecular formula is C14H19N5OS. The molecule has 0 saturated carbocycles. The number of tetrazole rings is 1. The first-order valence-corrected chi connectivity index (χ1v) is 8.02. The molecule has 0 N–H and O–H groups in total. The zero-order valence-electron chi connectivity index (χ0n) is 12.3. The summed E-state index contributed by atoms with van der Waals surface area (Å²) in [6, 6.07) is 9.76. The van der Waals surface area contributed by atoms with E-state index in [0.717, 1.165) is 17.3 Å². The lowest BCUT2D eigenvalue weighted by Crippen LogP contribution is -2.30. The highest BCUT2D eigenvalue weighted by Crippen LogP contribution is 2.16. The van der Waals surface area contributed by atoms with E-state index in [2.05, 4.69) is 15.5 Å². The van der Waals surface area contributed by atoms with E-state index in [1.165, 1.54) is 0 Å². The summed E-state index contributed by atoms with van der Waals surface area (Å²) < 4.78 is 1.65. The van der Waals surface area contributed by atoms with Crippen LogP contribution in [-0.4, -0.2) is 38.4 Å². The van der Waals surface area contributed by atoms with Crippen LogP contribution in [0, 0.1) is 0 Å². The molecule has 1 heterocycles. The largest absolute Gasteiger partial charge is 0.313 e. The van der Waals surface area contributed by atoms with Gasteiger partial charge in [-0.15, -0.1) is 5.10 Å². The van der Waals surface area contributed by atoms with Gasteiger partial charge in [0.15, 0.2) is 5.82 Å². The van der Waals surface area contributed by atoms with E-state index in [-0.39, 0.29) is 5.91 Å². The summed E-state index contributed by atoms with van der Waals surface area (Å²) in [5.74, 6) is 2.44. The van der Waals surface area contributed by atoms with Crippen molar-refractivity contribution in [2.75, 3.05) is 17.2 Å². The van der Waals surface area contributed by atoms with Crippen LogP contribution in [0.3, 0.4) is 0 Å². The van der Waals surface area contributed by atoms with E-state index < -0.39 is 0 Å². The minimum atomic E-state index is 0.146. The molecule has 0 aliphatic heterocycles. The molecule has 0 fully saturated rings. The third-order valence-electron chi connectivity index (χ3n) is 3.08. The second-order valence-corrected chi connectivity index (χ2v) is 5.60. The summed E-state index contributed by atoms with van der Waals surface area (Å²) in [6.45, 7) is 2.67. The minimum absolute atomic E-state index is 0.146. The molecule has 7 heteroatoms. The first-order valence-electron chi connectivity index (χ1n) is 6.86. The van der Waals surface area contributed by atoms with Crippen LogP contribution in [0.4, 0.5) is 5.69 Å². The zero-order chi connectivity index (χ0) is 15.1. The normalized spacial score (nSPS) is 10.6. The minimum Gasteiger partial charge on any atom is -0.313 e. The fraction of sp³-hybridized carbons (Fsp3) is 0.429. The van der Waals surface area contributed by atoms with Crippen molar-refractivity contribution in [3.8, 4) is 0 Å². The van der Waals surface area contributed by atoms with E-state index in [4.69, 9.17) is 0 Å². The van der Waals surface area contributed by atoms with E-state index in [0.29, 0.717) is 18.7 Å². The van der Waals surface area contributed by atoms with E-state index in [9.17, 15) is 4.79 Å². The molecule has 2 rings (SSSR count). The molecule has 0 unspecified atom stereocenters. The fourth-order valence-corrected chi connectivity index (χ4v) is 2.83. The van der Waals surface area contributed by atoms with Gasteiger partial charge in [-0.3, -0.25) is 4.79 Å². The monoisotopic (exact) mass is 305 g/mol. The van der Waals surface area contributed by atoms with Crippen LogP contribution in [0.15, 0.2) is 30.3 Å². The smallest absolute Gasteiger partial charge is 0.227 e. The molecular weight excluding hydrogens is 286 g/mol. The van der Waals surface area contributed by atoms with Crippen molar-refractivity contribution in [1.29, 1.82) is 0 Å². The van der Waals surface area contributed by atoms with Crippen LogP contribution in [0.2, 0.25) is 0 Å². The molecule has 21 heavy (non-hydrogen) atoms. The number of hydrogen-bond acceptors (Lipinski definition) is 5. The molecule has 0 atom stereocenters. The van der Waals surface area contributed by atoms with Gasteiger partial charge in [0.2, 0.25) is 5.91 Å². The third-order valence-corrected chi connectivity index (χ3v) is 4.04. The summed E-state index contributed by atoms with van der Waals surface area (Å²) in [6.07, 6.45) is 0.513. The van der Waals surface area contributed by atoms with Crippen LogP contribution in [-0.2, 0) is 17.6 Å². The van der Waals surface area contributed by atoms with Gasteiger partial charge in [-0.1, -0.05) is 18.2 Å². The molecule has 6 nitrogen and oxygen atoms in total. The average Bonchev–Trinajstić information content (AvgIpc) is 2.91. The van der Waals surface area contributed by atoms with Crippen LogP contribution in [0.1, 0.15) is 19.2 Å². The van der Waals surface area contributed by atoms with Crippen molar-refractivity contribution in [3.63, 3.8) is 0 Å².